The Morgan fingerprint density at radius 1 is 0.886 bits per heavy atom. The van der Waals surface area contributed by atoms with E-state index in [1.807, 2.05) is 4.90 Å². The Morgan fingerprint density at radius 2 is 1.43 bits per heavy atom. The fourth-order valence-corrected chi connectivity index (χ4v) is 6.30. The Morgan fingerprint density at radius 3 is 1.93 bits per heavy atom. The van der Waals surface area contributed by atoms with Crippen LogP contribution in [0.2, 0.25) is 0 Å². The average molecular weight is 648 g/mol. The van der Waals surface area contributed by atoms with Gasteiger partial charge in [0.1, 0.15) is 24.4 Å². The first-order valence-electron chi connectivity index (χ1n) is 13.7. The topological polar surface area (TPSA) is 215 Å². The van der Waals surface area contributed by atoms with Crippen LogP contribution in [0.1, 0.15) is 18.9 Å². The molecule has 0 radical (unpaired) electrons. The van der Waals surface area contributed by atoms with Gasteiger partial charge in [0.15, 0.2) is 12.5 Å². The van der Waals surface area contributed by atoms with Crippen molar-refractivity contribution in [3.05, 3.63) is 66.2 Å². The maximum Gasteiger partial charge on any atom is 0.472 e. The highest BCUT2D eigenvalue weighted by atomic mass is 31.2. The molecule has 1 unspecified atom stereocenters. The van der Waals surface area contributed by atoms with Crippen molar-refractivity contribution in [3.8, 4) is 0 Å². The predicted molar refractivity (Wildman–Crippen MR) is 151 cm³/mol. The highest BCUT2D eigenvalue weighted by Gasteiger charge is 2.51. The van der Waals surface area contributed by atoms with E-state index in [4.69, 9.17) is 28.2 Å². The van der Waals surface area contributed by atoms with Gasteiger partial charge in [-0.2, -0.15) is 0 Å². The molecule has 2 aliphatic rings. The van der Waals surface area contributed by atoms with Crippen LogP contribution < -0.4 is 22.5 Å². The van der Waals surface area contributed by atoms with Gasteiger partial charge in [0, 0.05) is 65.4 Å². The minimum absolute atomic E-state index is 0.159. The maximum atomic E-state index is 12.5. The van der Waals surface area contributed by atoms with Crippen molar-refractivity contribution in [2.75, 3.05) is 55.2 Å². The molecule has 44 heavy (non-hydrogen) atoms. The summed E-state index contributed by atoms with van der Waals surface area (Å²) in [6.07, 6.45) is -2.91. The van der Waals surface area contributed by atoms with Crippen LogP contribution in [0.3, 0.4) is 0 Å². The molecule has 3 N–H and O–H groups in total. The van der Waals surface area contributed by atoms with Crippen molar-refractivity contribution >= 4 is 7.82 Å². The lowest BCUT2D eigenvalue weighted by Gasteiger charge is -2.29. The van der Waals surface area contributed by atoms with Gasteiger partial charge in [-0.05, 0) is 20.0 Å². The summed E-state index contributed by atoms with van der Waals surface area (Å²) in [4.78, 5) is 64.6. The number of likely N-dealkylation sites (N-methyl/N-ethyl adjacent to an activating group) is 1. The van der Waals surface area contributed by atoms with Gasteiger partial charge < -0.3 is 33.5 Å². The van der Waals surface area contributed by atoms with Crippen molar-refractivity contribution in [2.24, 2.45) is 5.92 Å². The van der Waals surface area contributed by atoms with Crippen molar-refractivity contribution < 1.29 is 42.2 Å². The van der Waals surface area contributed by atoms with Crippen LogP contribution >= 0.6 is 7.82 Å². The summed E-state index contributed by atoms with van der Waals surface area (Å²) in [5.74, 6) is -0.242. The van der Waals surface area contributed by atoms with Crippen LogP contribution in [0.5, 0.6) is 0 Å². The molecule has 0 aliphatic carbocycles. The molecule has 9 atom stereocenters. The zero-order chi connectivity index (χ0) is 32.2. The predicted octanol–water partition coefficient (Wildman–Crippen LogP) is -1.37. The van der Waals surface area contributed by atoms with Gasteiger partial charge in [-0.15, -0.1) is 0 Å². The van der Waals surface area contributed by atoms with E-state index in [2.05, 4.69) is 14.5 Å². The Bertz CT molecular complexity index is 1540. The lowest BCUT2D eigenvalue weighted by Crippen LogP contribution is -2.42. The Hall–Kier alpha value is -2.77. The number of aromatic amines is 2. The summed E-state index contributed by atoms with van der Waals surface area (Å²) in [6.45, 7) is 0.820. The third-order valence-corrected chi connectivity index (χ3v) is 8.70. The maximum absolute atomic E-state index is 12.5. The molecule has 2 aliphatic heterocycles. The number of phosphoric ester groups is 1. The van der Waals surface area contributed by atoms with Gasteiger partial charge in [0.05, 0.1) is 12.7 Å². The molecule has 4 rings (SSSR count). The van der Waals surface area contributed by atoms with Crippen LogP contribution in [-0.2, 0) is 37.3 Å². The van der Waals surface area contributed by atoms with Gasteiger partial charge in [-0.25, -0.2) is 14.2 Å². The number of nitrogens with zero attached hydrogens (tertiary/aromatic N) is 3. The third-order valence-electron chi connectivity index (χ3n) is 7.73. The van der Waals surface area contributed by atoms with E-state index < -0.39 is 73.3 Å². The number of rotatable bonds is 14. The first-order valence-corrected chi connectivity index (χ1v) is 15.2. The van der Waals surface area contributed by atoms with Gasteiger partial charge >= 0.3 is 19.2 Å². The van der Waals surface area contributed by atoms with E-state index in [1.165, 1.54) is 44.4 Å². The van der Waals surface area contributed by atoms with Crippen LogP contribution in [0.15, 0.2) is 43.7 Å². The molecule has 19 heteroatoms. The lowest BCUT2D eigenvalue weighted by atomic mass is 9.94. The highest BCUT2D eigenvalue weighted by Crippen LogP contribution is 2.48. The van der Waals surface area contributed by atoms with Crippen molar-refractivity contribution in [1.29, 1.82) is 0 Å². The Kier molecular flexibility index (Phi) is 11.3. The minimum atomic E-state index is -4.52. The quantitative estimate of drug-likeness (QED) is 0.202. The normalized spacial score (nSPS) is 30.2. The molecule has 246 valence electrons. The van der Waals surface area contributed by atoms with E-state index in [0.717, 1.165) is 17.7 Å². The molecule has 0 bridgehead atoms. The lowest BCUT2D eigenvalue weighted by molar-refractivity contribution is -0.0667. The van der Waals surface area contributed by atoms with Crippen LogP contribution in [0, 0.1) is 5.92 Å². The Labute approximate surface area is 251 Å². The molecule has 0 aromatic carbocycles. The van der Waals surface area contributed by atoms with E-state index >= 15 is 0 Å². The van der Waals surface area contributed by atoms with Crippen molar-refractivity contribution in [2.45, 2.75) is 49.4 Å². The van der Waals surface area contributed by atoms with E-state index in [1.54, 1.807) is 7.05 Å². The summed E-state index contributed by atoms with van der Waals surface area (Å²) in [5, 5.41) is 0. The standard InChI is InChI=1S/C25H38N5O13P/c1-28(9-6-14-16(13-37-2)42-22(19(14)38-3)29-10-7-17(31)26-24(29)33)12-15-20(43-44(35,36)40-5)21(39-4)23(41-15)30-11-8-18(32)27-25(30)34/h7-8,10-11,14-16,19-23H,6,9,12-13H2,1-5H3,(H,35,36)(H,26,31,33)(H,27,32,34)/t14-,15-,16-,19-,20-,21-,22-,23-/m1/s1. The molecule has 18 nitrogen and oxygen atoms in total. The van der Waals surface area contributed by atoms with E-state index in [-0.39, 0.29) is 19.1 Å². The summed E-state index contributed by atoms with van der Waals surface area (Å²) >= 11 is 0. The monoisotopic (exact) mass is 647 g/mol. The number of hydrogen-bond donors (Lipinski definition) is 3. The second-order valence-corrected chi connectivity index (χ2v) is 12.0. The molecular formula is C25H38N5O13P. The number of aromatic nitrogens is 4. The minimum Gasteiger partial charge on any atom is -0.382 e. The summed E-state index contributed by atoms with van der Waals surface area (Å²) in [6, 6.07) is 2.36. The van der Waals surface area contributed by atoms with Gasteiger partial charge in [0.2, 0.25) is 0 Å². The van der Waals surface area contributed by atoms with Gasteiger partial charge in [0.25, 0.3) is 11.1 Å². The zero-order valence-electron chi connectivity index (χ0n) is 24.9. The molecule has 0 saturated carbocycles. The number of H-pyrrole nitrogens is 2. The summed E-state index contributed by atoms with van der Waals surface area (Å²) in [7, 11) is 2.66. The number of hydrogen-bond acceptors (Lipinski definition) is 13. The number of phosphoric acid groups is 1. The molecule has 0 amide bonds. The number of ether oxygens (including phenoxy) is 5. The average Bonchev–Trinajstić information content (AvgIpc) is 3.48. The fraction of sp³-hybridized carbons (Fsp3) is 0.680. The first-order chi connectivity index (χ1) is 20.9. The molecule has 2 aromatic rings. The largest absolute Gasteiger partial charge is 0.472 e. The second-order valence-electron chi connectivity index (χ2n) is 10.5. The molecular weight excluding hydrogens is 609 g/mol. The summed E-state index contributed by atoms with van der Waals surface area (Å²) < 4.78 is 53.9. The smallest absolute Gasteiger partial charge is 0.382 e. The number of methoxy groups -OCH3 is 3. The van der Waals surface area contributed by atoms with E-state index in [9.17, 15) is 28.6 Å². The molecule has 0 spiro atoms. The van der Waals surface area contributed by atoms with Gasteiger partial charge in [-0.1, -0.05) is 0 Å². The summed E-state index contributed by atoms with van der Waals surface area (Å²) in [5.41, 5.74) is -2.54. The van der Waals surface area contributed by atoms with E-state index in [0.29, 0.717) is 13.0 Å². The molecule has 2 saturated heterocycles. The van der Waals surface area contributed by atoms with Crippen LogP contribution in [0.25, 0.3) is 0 Å². The molecule has 4 heterocycles. The Balaban J connectivity index is 1.52. The van der Waals surface area contributed by atoms with Crippen LogP contribution in [0.4, 0.5) is 0 Å². The second kappa shape index (κ2) is 14.6. The van der Waals surface area contributed by atoms with Gasteiger partial charge in [-0.3, -0.25) is 37.7 Å². The molecule has 2 fully saturated rings. The van der Waals surface area contributed by atoms with Crippen molar-refractivity contribution in [1.82, 2.24) is 24.0 Å². The fourth-order valence-electron chi connectivity index (χ4n) is 5.65. The molecule has 2 aromatic heterocycles. The highest BCUT2D eigenvalue weighted by molar-refractivity contribution is 7.47. The zero-order valence-corrected chi connectivity index (χ0v) is 25.8. The third kappa shape index (κ3) is 7.54. The van der Waals surface area contributed by atoms with Crippen molar-refractivity contribution in [3.63, 3.8) is 0 Å². The first kappa shape index (κ1) is 34.1. The SMILES string of the molecule is COC[C@H]1O[C@@H](n2ccc(=O)[nH]c2=O)[C@H](OC)[C@@H]1CCN(C)C[C@H]1O[C@@H](n2ccc(=O)[nH]c2=O)[C@H](OC)[C@@H]1OP(=O)(O)OC. The van der Waals surface area contributed by atoms with Crippen LogP contribution in [-0.4, -0.2) is 115 Å². The number of nitrogens with one attached hydrogen (secondary N) is 2.